The van der Waals surface area contributed by atoms with E-state index in [1.165, 1.54) is 4.90 Å². The van der Waals surface area contributed by atoms with Crippen LogP contribution in [-0.2, 0) is 16.1 Å². The van der Waals surface area contributed by atoms with Crippen LogP contribution in [0.3, 0.4) is 0 Å². The monoisotopic (exact) mass is 491 g/mol. The molecule has 1 amide bonds. The Hall–Kier alpha value is -2.20. The van der Waals surface area contributed by atoms with Crippen LogP contribution < -0.4 is 5.32 Å². The normalized spacial score (nSPS) is 19.5. The van der Waals surface area contributed by atoms with Crippen LogP contribution in [0, 0.1) is 0 Å². The fraction of sp³-hybridized carbons (Fsp3) is 0.636. The smallest absolute Gasteiger partial charge is 0.425 e. The van der Waals surface area contributed by atoms with Crippen molar-refractivity contribution in [3.8, 4) is 0 Å². The molecule has 1 aromatic carbocycles. The minimum Gasteiger partial charge on any atom is -0.481 e. The van der Waals surface area contributed by atoms with Crippen molar-refractivity contribution in [1.82, 2.24) is 9.80 Å². The Labute approximate surface area is 195 Å². The highest BCUT2D eigenvalue weighted by atomic mass is 35.5. The number of likely N-dealkylation sites (tertiary alicyclic amines) is 2. The molecular formula is C22H29ClF3N3O4. The molecule has 2 aliphatic rings. The van der Waals surface area contributed by atoms with Crippen LogP contribution in [0.25, 0.3) is 0 Å². The van der Waals surface area contributed by atoms with E-state index in [4.69, 9.17) is 16.7 Å². The number of anilines is 1. The lowest BCUT2D eigenvalue weighted by Gasteiger charge is -2.45. The van der Waals surface area contributed by atoms with Gasteiger partial charge in [-0.3, -0.25) is 9.69 Å². The average Bonchev–Trinajstić information content (AvgIpc) is 3.08. The first kappa shape index (κ1) is 25.4. The van der Waals surface area contributed by atoms with Gasteiger partial charge in [0.15, 0.2) is 6.10 Å². The first-order valence-corrected chi connectivity index (χ1v) is 11.4. The molecule has 0 aromatic heterocycles. The molecular weight excluding hydrogens is 463 g/mol. The van der Waals surface area contributed by atoms with E-state index in [9.17, 15) is 22.8 Å². The van der Waals surface area contributed by atoms with Gasteiger partial charge in [-0.15, -0.1) is 0 Å². The van der Waals surface area contributed by atoms with Crippen molar-refractivity contribution < 1.29 is 32.6 Å². The second-order valence-corrected chi connectivity index (χ2v) is 9.16. The lowest BCUT2D eigenvalue weighted by Crippen LogP contribution is -2.53. The van der Waals surface area contributed by atoms with E-state index < -0.39 is 24.3 Å². The Morgan fingerprint density at radius 2 is 1.91 bits per heavy atom. The minimum absolute atomic E-state index is 0.00222. The van der Waals surface area contributed by atoms with Gasteiger partial charge in [0.25, 0.3) is 0 Å². The highest BCUT2D eigenvalue weighted by Crippen LogP contribution is 2.40. The Morgan fingerprint density at radius 1 is 1.21 bits per heavy atom. The second kappa shape index (κ2) is 10.4. The number of hydrogen-bond acceptors (Lipinski definition) is 5. The molecule has 2 N–H and O–H groups in total. The molecule has 33 heavy (non-hydrogen) atoms. The predicted molar refractivity (Wildman–Crippen MR) is 117 cm³/mol. The van der Waals surface area contributed by atoms with Crippen LogP contribution in [0.15, 0.2) is 18.2 Å². The standard InChI is InChI=1S/C22H29ClF3N3O4/c1-15(22(24,25)26)33-20(32)28-9-5-21(6-10-28)4-2-8-29(21)14-16-11-17(23)13-18(12-16)27-7-3-19(30)31/h11-13,15,27H,2-10,14H2,1H3,(H,30,31). The van der Waals surface area contributed by atoms with Crippen LogP contribution in [-0.4, -0.2) is 71.0 Å². The summed E-state index contributed by atoms with van der Waals surface area (Å²) in [5.41, 5.74) is 1.62. The maximum absolute atomic E-state index is 12.7. The molecule has 0 radical (unpaired) electrons. The summed E-state index contributed by atoms with van der Waals surface area (Å²) < 4.78 is 42.7. The zero-order chi connectivity index (χ0) is 24.2. The third kappa shape index (κ3) is 6.66. The van der Waals surface area contributed by atoms with E-state index in [2.05, 4.69) is 15.0 Å². The van der Waals surface area contributed by atoms with Gasteiger partial charge in [0.1, 0.15) is 0 Å². The number of rotatable bonds is 7. The number of aliphatic carboxylic acids is 1. The minimum atomic E-state index is -4.58. The summed E-state index contributed by atoms with van der Waals surface area (Å²) in [7, 11) is 0. The van der Waals surface area contributed by atoms with E-state index >= 15 is 0 Å². The molecule has 0 aliphatic carbocycles. The first-order chi connectivity index (χ1) is 15.5. The van der Waals surface area contributed by atoms with Gasteiger partial charge in [-0.25, -0.2) is 4.79 Å². The summed E-state index contributed by atoms with van der Waals surface area (Å²) in [5.74, 6) is -0.883. The molecule has 11 heteroatoms. The van der Waals surface area contributed by atoms with Gasteiger partial charge in [-0.1, -0.05) is 11.6 Å². The Bertz CT molecular complexity index is 860. The number of benzene rings is 1. The fourth-order valence-electron chi connectivity index (χ4n) is 4.58. The largest absolute Gasteiger partial charge is 0.481 e. The van der Waals surface area contributed by atoms with Crippen molar-refractivity contribution in [2.45, 2.75) is 63.4 Å². The van der Waals surface area contributed by atoms with Crippen molar-refractivity contribution in [2.75, 3.05) is 31.5 Å². The van der Waals surface area contributed by atoms with Gasteiger partial charge in [0, 0.05) is 42.4 Å². The van der Waals surface area contributed by atoms with E-state index in [1.54, 1.807) is 6.07 Å². The fourth-order valence-corrected chi connectivity index (χ4v) is 4.84. The molecule has 2 heterocycles. The summed E-state index contributed by atoms with van der Waals surface area (Å²) >= 11 is 6.27. The topological polar surface area (TPSA) is 82.1 Å². The zero-order valence-electron chi connectivity index (χ0n) is 18.5. The molecule has 7 nitrogen and oxygen atoms in total. The summed E-state index contributed by atoms with van der Waals surface area (Å²) in [6, 6.07) is 5.57. The molecule has 1 atom stereocenters. The Kier molecular flexibility index (Phi) is 8.00. The third-order valence-electron chi connectivity index (χ3n) is 6.43. The van der Waals surface area contributed by atoms with Crippen LogP contribution in [0.2, 0.25) is 5.02 Å². The van der Waals surface area contributed by atoms with Crippen molar-refractivity contribution in [1.29, 1.82) is 0 Å². The second-order valence-electron chi connectivity index (χ2n) is 8.72. The number of alkyl halides is 3. The van der Waals surface area contributed by atoms with Gasteiger partial charge >= 0.3 is 18.2 Å². The number of carboxylic acids is 1. The average molecular weight is 492 g/mol. The highest BCUT2D eigenvalue weighted by molar-refractivity contribution is 6.30. The number of halogens is 4. The molecule has 184 valence electrons. The SMILES string of the molecule is CC(OC(=O)N1CCC2(CCCN2Cc2cc(Cl)cc(NCCC(=O)O)c2)CC1)C(F)(F)F. The van der Waals surface area contributed by atoms with E-state index in [1.807, 2.05) is 12.1 Å². The van der Waals surface area contributed by atoms with Gasteiger partial charge in [-0.05, 0) is 62.9 Å². The van der Waals surface area contributed by atoms with Crippen molar-refractivity contribution in [2.24, 2.45) is 0 Å². The number of carbonyl (C=O) groups excluding carboxylic acids is 1. The quantitative estimate of drug-likeness (QED) is 0.573. The molecule has 3 rings (SSSR count). The van der Waals surface area contributed by atoms with E-state index in [-0.39, 0.29) is 12.0 Å². The third-order valence-corrected chi connectivity index (χ3v) is 6.65. The number of amides is 1. The maximum Gasteiger partial charge on any atom is 0.425 e. The van der Waals surface area contributed by atoms with Crippen molar-refractivity contribution in [3.05, 3.63) is 28.8 Å². The van der Waals surface area contributed by atoms with Gasteiger partial charge in [-0.2, -0.15) is 13.2 Å². The molecule has 1 spiro atoms. The van der Waals surface area contributed by atoms with Gasteiger partial charge < -0.3 is 20.1 Å². The Morgan fingerprint density at radius 3 is 2.55 bits per heavy atom. The van der Waals surface area contributed by atoms with Gasteiger partial charge in [0.2, 0.25) is 0 Å². The maximum atomic E-state index is 12.7. The number of carbonyl (C=O) groups is 2. The van der Waals surface area contributed by atoms with Crippen molar-refractivity contribution in [3.63, 3.8) is 0 Å². The molecule has 1 aromatic rings. The Balaban J connectivity index is 1.60. The molecule has 2 saturated heterocycles. The highest BCUT2D eigenvalue weighted by Gasteiger charge is 2.45. The van der Waals surface area contributed by atoms with Crippen molar-refractivity contribution >= 4 is 29.4 Å². The lowest BCUT2D eigenvalue weighted by atomic mass is 9.85. The summed E-state index contributed by atoms with van der Waals surface area (Å²) in [6.45, 7) is 3.34. The first-order valence-electron chi connectivity index (χ1n) is 11.0. The number of ether oxygens (including phenoxy) is 1. The molecule has 1 unspecified atom stereocenters. The summed E-state index contributed by atoms with van der Waals surface area (Å²) in [5, 5.41) is 12.4. The number of piperidine rings is 1. The molecule has 0 bridgehead atoms. The number of carboxylic acid groups (broad SMARTS) is 1. The molecule has 2 aliphatic heterocycles. The van der Waals surface area contributed by atoms with Crippen LogP contribution in [0.5, 0.6) is 0 Å². The van der Waals surface area contributed by atoms with Crippen LogP contribution >= 0.6 is 11.6 Å². The molecule has 0 saturated carbocycles. The lowest BCUT2D eigenvalue weighted by molar-refractivity contribution is -0.200. The zero-order valence-corrected chi connectivity index (χ0v) is 19.2. The van der Waals surface area contributed by atoms with E-state index in [0.29, 0.717) is 44.0 Å². The van der Waals surface area contributed by atoms with Gasteiger partial charge in [0.05, 0.1) is 6.42 Å². The van der Waals surface area contributed by atoms with Crippen LogP contribution in [0.4, 0.5) is 23.7 Å². The number of nitrogens with zero attached hydrogens (tertiary/aromatic N) is 2. The van der Waals surface area contributed by atoms with Crippen LogP contribution in [0.1, 0.15) is 44.6 Å². The molecule has 2 fully saturated rings. The summed E-state index contributed by atoms with van der Waals surface area (Å²) in [4.78, 5) is 26.6. The van der Waals surface area contributed by atoms with E-state index in [0.717, 1.165) is 37.6 Å². The summed E-state index contributed by atoms with van der Waals surface area (Å²) in [6.07, 6.45) is -4.36. The predicted octanol–water partition coefficient (Wildman–Crippen LogP) is 4.74. The number of nitrogens with one attached hydrogen (secondary N) is 1. The number of hydrogen-bond donors (Lipinski definition) is 2.